The van der Waals surface area contributed by atoms with Crippen LogP contribution in [0.2, 0.25) is 0 Å². The number of guanidine groups is 1. The van der Waals surface area contributed by atoms with E-state index in [0.717, 1.165) is 51.5 Å². The molecule has 1 amide bonds. The van der Waals surface area contributed by atoms with Crippen molar-refractivity contribution in [2.45, 2.75) is 51.3 Å². The van der Waals surface area contributed by atoms with Crippen LogP contribution in [0, 0.1) is 0 Å². The maximum atomic E-state index is 12.2. The van der Waals surface area contributed by atoms with Gasteiger partial charge in [-0.05, 0) is 40.5 Å². The van der Waals surface area contributed by atoms with E-state index in [2.05, 4.69) is 32.3 Å². The lowest BCUT2D eigenvalue weighted by Crippen LogP contribution is -2.54. The second-order valence-electron chi connectivity index (χ2n) is 8.00. The Balaban J connectivity index is 0.00000364. The van der Waals surface area contributed by atoms with E-state index in [4.69, 9.17) is 0 Å². The molecule has 2 aliphatic rings. The minimum Gasteiger partial charge on any atom is -0.357 e. The molecule has 1 atom stereocenters. The zero-order valence-electron chi connectivity index (χ0n) is 17.1. The molecule has 2 fully saturated rings. The summed E-state index contributed by atoms with van der Waals surface area (Å²) in [4.78, 5) is 21.0. The fraction of sp³-hybridized carbons (Fsp3) is 0.889. The summed E-state index contributed by atoms with van der Waals surface area (Å²) in [5.41, 5.74) is 0. The lowest BCUT2D eigenvalue weighted by atomic mass is 10.3. The Hall–Kier alpha value is -0.420. The Morgan fingerprint density at radius 2 is 1.81 bits per heavy atom. The summed E-state index contributed by atoms with van der Waals surface area (Å²) in [7, 11) is -0.881. The van der Waals surface area contributed by atoms with Crippen LogP contribution in [-0.4, -0.2) is 88.2 Å². The van der Waals surface area contributed by atoms with E-state index in [1.165, 1.54) is 0 Å². The van der Waals surface area contributed by atoms with Gasteiger partial charge in [-0.2, -0.15) is 0 Å². The molecule has 1 saturated carbocycles. The summed E-state index contributed by atoms with van der Waals surface area (Å²) in [5.74, 6) is 1.62. The third-order valence-electron chi connectivity index (χ3n) is 4.54. The number of rotatable bonds is 7. The van der Waals surface area contributed by atoms with Crippen molar-refractivity contribution < 1.29 is 9.00 Å². The number of halogens is 1. The van der Waals surface area contributed by atoms with Gasteiger partial charge in [0.2, 0.25) is 5.91 Å². The molecule has 1 heterocycles. The van der Waals surface area contributed by atoms with E-state index in [1.54, 1.807) is 0 Å². The average molecular weight is 513 g/mol. The molecule has 1 unspecified atom stereocenters. The Kier molecular flexibility index (Phi) is 10.5. The summed E-state index contributed by atoms with van der Waals surface area (Å²) in [5, 5.41) is 6.38. The molecular weight excluding hydrogens is 477 g/mol. The van der Waals surface area contributed by atoms with Gasteiger partial charge < -0.3 is 15.5 Å². The Morgan fingerprint density at radius 1 is 1.19 bits per heavy atom. The zero-order valence-corrected chi connectivity index (χ0v) is 20.3. The second kappa shape index (κ2) is 11.5. The number of nitrogens with zero attached hydrogens (tertiary/aromatic N) is 3. The highest BCUT2D eigenvalue weighted by atomic mass is 127. The van der Waals surface area contributed by atoms with Gasteiger partial charge in [0.1, 0.15) is 0 Å². The molecule has 0 aromatic heterocycles. The first-order valence-electron chi connectivity index (χ1n) is 9.73. The zero-order chi connectivity index (χ0) is 19.2. The van der Waals surface area contributed by atoms with Crippen LogP contribution in [0.25, 0.3) is 0 Å². The number of amides is 1. The van der Waals surface area contributed by atoms with Crippen molar-refractivity contribution in [3.8, 4) is 0 Å². The lowest BCUT2D eigenvalue weighted by Gasteiger charge is -2.36. The number of hydrogen-bond donors (Lipinski definition) is 2. The third-order valence-corrected chi connectivity index (χ3v) is 6.46. The van der Waals surface area contributed by atoms with Gasteiger partial charge in [0, 0.05) is 60.1 Å². The fourth-order valence-corrected chi connectivity index (χ4v) is 3.66. The van der Waals surface area contributed by atoms with E-state index >= 15 is 0 Å². The van der Waals surface area contributed by atoms with Crippen LogP contribution in [0.3, 0.4) is 0 Å². The number of piperazine rings is 1. The minimum atomic E-state index is -0.881. The van der Waals surface area contributed by atoms with Gasteiger partial charge in [-0.1, -0.05) is 0 Å². The van der Waals surface area contributed by atoms with Gasteiger partial charge in [0.25, 0.3) is 0 Å². The Morgan fingerprint density at radius 3 is 2.33 bits per heavy atom. The van der Waals surface area contributed by atoms with Crippen LogP contribution in [0.5, 0.6) is 0 Å². The van der Waals surface area contributed by atoms with E-state index in [-0.39, 0.29) is 34.6 Å². The van der Waals surface area contributed by atoms with E-state index in [0.29, 0.717) is 24.9 Å². The van der Waals surface area contributed by atoms with E-state index < -0.39 is 10.8 Å². The van der Waals surface area contributed by atoms with E-state index in [1.807, 2.05) is 20.8 Å². The van der Waals surface area contributed by atoms with Crippen LogP contribution in [0.4, 0.5) is 0 Å². The van der Waals surface area contributed by atoms with Crippen molar-refractivity contribution in [1.82, 2.24) is 20.4 Å². The topological polar surface area (TPSA) is 77.0 Å². The number of aliphatic imine (C=N–C) groups is 1. The third kappa shape index (κ3) is 9.08. The Bertz CT molecular complexity index is 526. The lowest BCUT2D eigenvalue weighted by molar-refractivity contribution is -0.122. The van der Waals surface area contributed by atoms with Gasteiger partial charge in [-0.25, -0.2) is 0 Å². The molecule has 7 nitrogen and oxygen atoms in total. The highest BCUT2D eigenvalue weighted by Gasteiger charge is 2.26. The summed E-state index contributed by atoms with van der Waals surface area (Å²) in [6, 6.07) is 0.426. The van der Waals surface area contributed by atoms with Crippen molar-refractivity contribution >= 4 is 46.6 Å². The predicted molar refractivity (Wildman–Crippen MR) is 123 cm³/mol. The quantitative estimate of drug-likeness (QED) is 0.302. The fourth-order valence-electron chi connectivity index (χ4n) is 2.79. The van der Waals surface area contributed by atoms with Crippen LogP contribution < -0.4 is 10.6 Å². The van der Waals surface area contributed by atoms with Gasteiger partial charge >= 0.3 is 0 Å². The molecule has 0 bridgehead atoms. The largest absolute Gasteiger partial charge is 0.357 e. The summed E-state index contributed by atoms with van der Waals surface area (Å²) in [6.07, 6.45) is 2.25. The van der Waals surface area contributed by atoms with Gasteiger partial charge in [-0.3, -0.25) is 18.9 Å². The molecular formula is C18H36IN5O2S. The molecule has 1 aliphatic carbocycles. The number of nitrogens with one attached hydrogen (secondary N) is 2. The monoisotopic (exact) mass is 513 g/mol. The maximum absolute atomic E-state index is 12.2. The average Bonchev–Trinajstić information content (AvgIpc) is 3.37. The van der Waals surface area contributed by atoms with Crippen molar-refractivity contribution in [3.63, 3.8) is 0 Å². The summed E-state index contributed by atoms with van der Waals surface area (Å²) in [6.45, 7) is 13.3. The number of hydrogen-bond acceptors (Lipinski definition) is 4. The Labute approximate surface area is 183 Å². The molecule has 158 valence electrons. The van der Waals surface area contributed by atoms with Crippen LogP contribution in [0.15, 0.2) is 4.99 Å². The molecule has 0 aromatic carbocycles. The molecule has 0 radical (unpaired) electrons. The van der Waals surface area contributed by atoms with Crippen LogP contribution >= 0.6 is 24.0 Å². The maximum Gasteiger partial charge on any atom is 0.234 e. The molecule has 0 aromatic rings. The molecule has 2 N–H and O–H groups in total. The first-order valence-corrected chi connectivity index (χ1v) is 11.0. The molecule has 1 saturated heterocycles. The summed E-state index contributed by atoms with van der Waals surface area (Å²) >= 11 is 0. The van der Waals surface area contributed by atoms with Crippen molar-refractivity contribution in [3.05, 3.63) is 0 Å². The molecule has 9 heteroatoms. The first-order chi connectivity index (χ1) is 12.3. The predicted octanol–water partition coefficient (Wildman–Crippen LogP) is 1.01. The molecule has 1 aliphatic heterocycles. The molecule has 0 spiro atoms. The van der Waals surface area contributed by atoms with Gasteiger partial charge in [0.15, 0.2) is 5.96 Å². The summed E-state index contributed by atoms with van der Waals surface area (Å²) < 4.78 is 12.0. The first kappa shape index (κ1) is 24.6. The number of carbonyl (C=O) groups excluding carboxylic acids is 1. The molecule has 2 rings (SSSR count). The SMILES string of the molecule is CCNC(=NCCS(=O)C(C)(C)C)N1CCN(CC(=O)NC2CC2)CC1.I. The highest BCUT2D eigenvalue weighted by molar-refractivity contribution is 14.0. The highest BCUT2D eigenvalue weighted by Crippen LogP contribution is 2.18. The van der Waals surface area contributed by atoms with Crippen LogP contribution in [0.1, 0.15) is 40.5 Å². The van der Waals surface area contributed by atoms with Gasteiger partial charge in [0.05, 0.1) is 13.1 Å². The molecule has 27 heavy (non-hydrogen) atoms. The van der Waals surface area contributed by atoms with Crippen molar-refractivity contribution in [2.75, 3.05) is 51.6 Å². The normalized spacial score (nSPS) is 20.0. The smallest absolute Gasteiger partial charge is 0.234 e. The van der Waals surface area contributed by atoms with Crippen LogP contribution in [-0.2, 0) is 15.6 Å². The van der Waals surface area contributed by atoms with Crippen molar-refractivity contribution in [2.24, 2.45) is 4.99 Å². The minimum absolute atomic E-state index is 0. The standard InChI is InChI=1S/C18H35N5O2S.HI/c1-5-19-17(20-8-13-26(25)18(2,3)4)23-11-9-22(10-12-23)14-16(24)21-15-6-7-15;/h15H,5-14H2,1-4H3,(H,19,20)(H,21,24);1H. The number of carbonyl (C=O) groups is 1. The van der Waals surface area contributed by atoms with E-state index in [9.17, 15) is 9.00 Å². The van der Waals surface area contributed by atoms with Gasteiger partial charge in [-0.15, -0.1) is 24.0 Å². The van der Waals surface area contributed by atoms with Crippen molar-refractivity contribution in [1.29, 1.82) is 0 Å². The second-order valence-corrected chi connectivity index (χ2v) is 10.3.